The molecule has 6 heteroatoms. The summed E-state index contributed by atoms with van der Waals surface area (Å²) in [7, 11) is 0. The van der Waals surface area contributed by atoms with Gasteiger partial charge in [-0.1, -0.05) is 69.5 Å². The number of ether oxygens (including phenoxy) is 3. The molecule has 0 N–H and O–H groups in total. The van der Waals surface area contributed by atoms with Crippen molar-refractivity contribution in [2.45, 2.75) is 78.4 Å². The van der Waals surface area contributed by atoms with Crippen LogP contribution < -0.4 is 4.74 Å². The molecule has 3 aromatic rings. The smallest absolute Gasteiger partial charge is 0.335 e. The summed E-state index contributed by atoms with van der Waals surface area (Å²) in [5.74, 6) is 1.05. The zero-order chi connectivity index (χ0) is 26.5. The van der Waals surface area contributed by atoms with Gasteiger partial charge in [0.05, 0.1) is 0 Å². The molecule has 0 amide bonds. The van der Waals surface area contributed by atoms with E-state index in [1.807, 2.05) is 43.6 Å². The fourth-order valence-electron chi connectivity index (χ4n) is 3.85. The molecule has 2 unspecified atom stereocenters. The second-order valence-corrected chi connectivity index (χ2v) is 9.40. The maximum Gasteiger partial charge on any atom is 0.335 e. The van der Waals surface area contributed by atoms with Crippen LogP contribution in [-0.4, -0.2) is 41.4 Å². The van der Waals surface area contributed by atoms with Crippen LogP contribution in [0.4, 0.5) is 0 Å². The normalized spacial score (nSPS) is 12.6. The molecule has 0 aliphatic carbocycles. The first-order valence-electron chi connectivity index (χ1n) is 13.5. The van der Waals surface area contributed by atoms with Crippen LogP contribution in [0.5, 0.6) is 5.75 Å². The highest BCUT2D eigenvalue weighted by Crippen LogP contribution is 2.23. The molecule has 0 saturated carbocycles. The van der Waals surface area contributed by atoms with Crippen LogP contribution >= 0.6 is 0 Å². The van der Waals surface area contributed by atoms with Crippen LogP contribution in [0.2, 0.25) is 0 Å². The van der Waals surface area contributed by atoms with E-state index in [1.165, 1.54) is 31.2 Å². The number of benzene rings is 2. The van der Waals surface area contributed by atoms with Crippen molar-refractivity contribution in [3.63, 3.8) is 0 Å². The predicted octanol–water partition coefficient (Wildman–Crippen LogP) is 7.06. The number of carbonyl (C=O) groups excluding carboxylic acids is 1. The van der Waals surface area contributed by atoms with E-state index in [0.29, 0.717) is 12.4 Å². The highest BCUT2D eigenvalue weighted by atomic mass is 16.6. The second-order valence-electron chi connectivity index (χ2n) is 9.40. The molecule has 1 heterocycles. The maximum absolute atomic E-state index is 12.0. The summed E-state index contributed by atoms with van der Waals surface area (Å²) in [4.78, 5) is 21.2. The largest absolute Gasteiger partial charge is 0.490 e. The van der Waals surface area contributed by atoms with Crippen molar-refractivity contribution in [2.24, 2.45) is 0 Å². The summed E-state index contributed by atoms with van der Waals surface area (Å²) in [5.41, 5.74) is 4.32. The van der Waals surface area contributed by atoms with E-state index in [0.717, 1.165) is 35.4 Å². The Balaban J connectivity index is 1.49. The van der Waals surface area contributed by atoms with Gasteiger partial charge in [-0.15, -0.1) is 0 Å². The lowest BCUT2D eigenvalue weighted by atomic mass is 10.0. The number of rotatable bonds is 15. The minimum absolute atomic E-state index is 0.265. The molecule has 6 nitrogen and oxygen atoms in total. The van der Waals surface area contributed by atoms with Gasteiger partial charge < -0.3 is 14.2 Å². The molecule has 3 rings (SSSR count). The fourth-order valence-corrected chi connectivity index (χ4v) is 3.85. The van der Waals surface area contributed by atoms with Crippen LogP contribution in [-0.2, 0) is 20.7 Å². The summed E-state index contributed by atoms with van der Waals surface area (Å²) in [5, 5.41) is 0. The lowest BCUT2D eigenvalue weighted by molar-refractivity contribution is -0.162. The minimum atomic E-state index is -0.574. The van der Waals surface area contributed by atoms with E-state index in [4.69, 9.17) is 14.2 Å². The van der Waals surface area contributed by atoms with Gasteiger partial charge in [-0.3, -0.25) is 0 Å². The summed E-state index contributed by atoms with van der Waals surface area (Å²) >= 11 is 0. The number of hydrogen-bond donors (Lipinski definition) is 0. The Hall–Kier alpha value is -3.25. The number of nitrogens with zero attached hydrogens (tertiary/aromatic N) is 2. The molecule has 0 spiro atoms. The van der Waals surface area contributed by atoms with Gasteiger partial charge in [0.15, 0.2) is 11.9 Å². The molecule has 2 atom stereocenters. The first-order chi connectivity index (χ1) is 18.0. The van der Waals surface area contributed by atoms with Crippen LogP contribution in [0, 0.1) is 0 Å². The van der Waals surface area contributed by atoms with Gasteiger partial charge in [0.1, 0.15) is 18.5 Å². The highest BCUT2D eigenvalue weighted by molar-refractivity contribution is 5.74. The van der Waals surface area contributed by atoms with E-state index in [1.54, 1.807) is 13.8 Å². The molecular formula is C31H40N2O4. The monoisotopic (exact) mass is 504 g/mol. The maximum atomic E-state index is 12.0. The Bertz CT molecular complexity index is 1070. The summed E-state index contributed by atoms with van der Waals surface area (Å²) in [6, 6.07) is 16.3. The van der Waals surface area contributed by atoms with Crippen molar-refractivity contribution < 1.29 is 19.0 Å². The highest BCUT2D eigenvalue weighted by Gasteiger charge is 2.18. The van der Waals surface area contributed by atoms with Crippen molar-refractivity contribution in [1.29, 1.82) is 0 Å². The lowest BCUT2D eigenvalue weighted by Gasteiger charge is -2.17. The number of aryl methyl sites for hydroxylation is 1. The molecule has 198 valence electrons. The quantitative estimate of drug-likeness (QED) is 0.163. The van der Waals surface area contributed by atoms with Gasteiger partial charge in [0.2, 0.25) is 0 Å². The van der Waals surface area contributed by atoms with Crippen molar-refractivity contribution >= 4 is 5.97 Å². The van der Waals surface area contributed by atoms with Gasteiger partial charge in [-0.05, 0) is 56.4 Å². The van der Waals surface area contributed by atoms with Crippen molar-refractivity contribution in [3.8, 4) is 28.3 Å². The zero-order valence-electron chi connectivity index (χ0n) is 22.6. The van der Waals surface area contributed by atoms with E-state index in [2.05, 4.69) is 41.2 Å². The molecule has 2 aromatic carbocycles. The van der Waals surface area contributed by atoms with Crippen LogP contribution in [0.1, 0.15) is 65.4 Å². The Morgan fingerprint density at radius 1 is 0.811 bits per heavy atom. The topological polar surface area (TPSA) is 70.5 Å². The van der Waals surface area contributed by atoms with Crippen LogP contribution in [0.3, 0.4) is 0 Å². The minimum Gasteiger partial charge on any atom is -0.490 e. The Morgan fingerprint density at radius 2 is 1.49 bits per heavy atom. The first kappa shape index (κ1) is 28.3. The lowest BCUT2D eigenvalue weighted by Crippen LogP contribution is -2.30. The Kier molecular flexibility index (Phi) is 11.6. The third-order valence-corrected chi connectivity index (χ3v) is 6.08. The molecule has 1 aromatic heterocycles. The number of unbranched alkanes of at least 4 members (excludes halogenated alkanes) is 3. The fraction of sp³-hybridized carbons (Fsp3) is 0.452. The molecule has 0 bridgehead atoms. The van der Waals surface area contributed by atoms with Crippen molar-refractivity contribution in [2.75, 3.05) is 13.2 Å². The molecule has 0 saturated heterocycles. The Labute approximate surface area is 221 Å². The number of carbonyl (C=O) groups is 1. The Morgan fingerprint density at radius 3 is 2.14 bits per heavy atom. The third-order valence-electron chi connectivity index (χ3n) is 6.08. The number of esters is 1. The predicted molar refractivity (Wildman–Crippen MR) is 148 cm³/mol. The van der Waals surface area contributed by atoms with Gasteiger partial charge in [0.25, 0.3) is 0 Å². The number of hydrogen-bond acceptors (Lipinski definition) is 6. The molecule has 0 fully saturated rings. The standard InChI is InChI=1S/C31H40N2O4/c1-5-7-8-9-10-25-11-13-27(14-12-25)30-32-20-28(21-33-30)26-15-17-29(18-16-26)36-22-23(3)37-31(34)24(4)35-19-6-2/h11-18,20-21,23-24H,5-10,19,22H2,1-4H3. The van der Waals surface area contributed by atoms with Gasteiger partial charge >= 0.3 is 5.97 Å². The summed E-state index contributed by atoms with van der Waals surface area (Å²) in [6.45, 7) is 8.54. The van der Waals surface area contributed by atoms with Crippen molar-refractivity contribution in [1.82, 2.24) is 9.97 Å². The first-order valence-corrected chi connectivity index (χ1v) is 13.5. The summed E-state index contributed by atoms with van der Waals surface area (Å²) < 4.78 is 16.6. The average Bonchev–Trinajstić information content (AvgIpc) is 2.93. The zero-order valence-corrected chi connectivity index (χ0v) is 22.6. The molecule has 37 heavy (non-hydrogen) atoms. The van der Waals surface area contributed by atoms with Gasteiger partial charge in [-0.2, -0.15) is 0 Å². The third kappa shape index (κ3) is 9.29. The number of aromatic nitrogens is 2. The molecule has 0 aliphatic rings. The summed E-state index contributed by atoms with van der Waals surface area (Å²) in [6.07, 6.45) is 9.82. The van der Waals surface area contributed by atoms with E-state index in [9.17, 15) is 4.79 Å². The van der Waals surface area contributed by atoms with Gasteiger partial charge in [0, 0.05) is 30.1 Å². The van der Waals surface area contributed by atoms with E-state index < -0.39 is 6.10 Å². The van der Waals surface area contributed by atoms with Crippen molar-refractivity contribution in [3.05, 3.63) is 66.5 Å². The molecule has 0 aliphatic heterocycles. The SMILES string of the molecule is CCCCCCc1ccc(-c2ncc(-c3ccc(OCC(C)OC(=O)C(C)OCCC)cc3)cn2)cc1. The molecule has 0 radical (unpaired) electrons. The van der Waals surface area contributed by atoms with E-state index in [-0.39, 0.29) is 18.7 Å². The van der Waals surface area contributed by atoms with Crippen LogP contribution in [0.25, 0.3) is 22.5 Å². The van der Waals surface area contributed by atoms with Gasteiger partial charge in [-0.25, -0.2) is 14.8 Å². The molecular weight excluding hydrogens is 464 g/mol. The average molecular weight is 505 g/mol. The van der Waals surface area contributed by atoms with Crippen LogP contribution in [0.15, 0.2) is 60.9 Å². The van der Waals surface area contributed by atoms with E-state index >= 15 is 0 Å². The second kappa shape index (κ2) is 15.1.